The molecule has 0 saturated heterocycles. The average molecular weight is 373 g/mol. The number of rotatable bonds is 3. The molecule has 0 spiro atoms. The number of allylic oxidation sites excluding steroid dienone is 1. The number of aromatic hydroxyl groups is 1. The van der Waals surface area contributed by atoms with Gasteiger partial charge in [0.15, 0.2) is 10.9 Å². The van der Waals surface area contributed by atoms with Gasteiger partial charge in [-0.3, -0.25) is 4.79 Å². The van der Waals surface area contributed by atoms with Crippen LogP contribution >= 0.6 is 23.8 Å². The number of benzene rings is 2. The summed E-state index contributed by atoms with van der Waals surface area (Å²) < 4.78 is 0. The Bertz CT molecular complexity index is 880. The molecule has 0 aromatic heterocycles. The van der Waals surface area contributed by atoms with Gasteiger partial charge in [0.1, 0.15) is 5.75 Å². The molecule has 1 unspecified atom stereocenters. The molecule has 1 heterocycles. The highest BCUT2D eigenvalue weighted by Gasteiger charge is 2.34. The average Bonchev–Trinajstić information content (AvgIpc) is 2.61. The molecular formula is C19H17ClN2O2S. The van der Waals surface area contributed by atoms with E-state index in [4.69, 9.17) is 23.8 Å². The van der Waals surface area contributed by atoms with Gasteiger partial charge >= 0.3 is 0 Å². The number of Topliss-reactive ketones (excluding diaryl/α,β-unsaturated/α-hetero) is 1. The Kier molecular flexibility index (Phi) is 4.79. The summed E-state index contributed by atoms with van der Waals surface area (Å²) in [6.07, 6.45) is 0. The molecule has 128 valence electrons. The van der Waals surface area contributed by atoms with Crippen LogP contribution in [0.25, 0.3) is 0 Å². The number of thiocarbonyl (C=S) groups is 1. The zero-order valence-corrected chi connectivity index (χ0v) is 15.4. The van der Waals surface area contributed by atoms with Crippen molar-refractivity contribution in [2.45, 2.75) is 13.0 Å². The van der Waals surface area contributed by atoms with Crippen molar-refractivity contribution >= 4 is 34.7 Å². The summed E-state index contributed by atoms with van der Waals surface area (Å²) in [6, 6.07) is 13.2. The normalized spacial score (nSPS) is 17.5. The lowest BCUT2D eigenvalue weighted by Crippen LogP contribution is -2.45. The van der Waals surface area contributed by atoms with Crippen molar-refractivity contribution in [2.24, 2.45) is 0 Å². The smallest absolute Gasteiger partial charge is 0.193 e. The van der Waals surface area contributed by atoms with E-state index < -0.39 is 6.04 Å². The van der Waals surface area contributed by atoms with E-state index in [1.165, 1.54) is 6.07 Å². The lowest BCUT2D eigenvalue weighted by atomic mass is 9.89. The monoisotopic (exact) mass is 372 g/mol. The third-order valence-electron chi connectivity index (χ3n) is 4.34. The molecule has 3 rings (SSSR count). The Hall–Kier alpha value is -2.37. The van der Waals surface area contributed by atoms with E-state index in [1.54, 1.807) is 36.2 Å². The minimum absolute atomic E-state index is 0.0559. The molecule has 6 heteroatoms. The Morgan fingerprint density at radius 1 is 1.24 bits per heavy atom. The molecule has 0 amide bonds. The van der Waals surface area contributed by atoms with Gasteiger partial charge in [-0.05, 0) is 37.3 Å². The Balaban J connectivity index is 2.17. The van der Waals surface area contributed by atoms with Crippen LogP contribution in [0.2, 0.25) is 5.02 Å². The highest BCUT2D eigenvalue weighted by molar-refractivity contribution is 7.80. The molecule has 0 saturated carbocycles. The van der Waals surface area contributed by atoms with Crippen molar-refractivity contribution in [2.75, 3.05) is 7.05 Å². The molecule has 0 bridgehead atoms. The quantitative estimate of drug-likeness (QED) is 0.628. The third-order valence-corrected chi connectivity index (χ3v) is 4.96. The van der Waals surface area contributed by atoms with Crippen LogP contribution in [0.1, 0.15) is 28.9 Å². The van der Waals surface area contributed by atoms with Crippen LogP contribution < -0.4 is 5.32 Å². The number of nitrogens with zero attached hydrogens (tertiary/aromatic N) is 1. The second-order valence-electron chi connectivity index (χ2n) is 5.84. The topological polar surface area (TPSA) is 52.6 Å². The molecule has 1 aliphatic heterocycles. The number of ketones is 1. The largest absolute Gasteiger partial charge is 0.508 e. The fourth-order valence-corrected chi connectivity index (χ4v) is 3.30. The second-order valence-corrected chi connectivity index (χ2v) is 6.66. The van der Waals surface area contributed by atoms with Crippen LogP contribution in [0.4, 0.5) is 0 Å². The van der Waals surface area contributed by atoms with Crippen LogP contribution in [0.15, 0.2) is 59.8 Å². The molecule has 2 aromatic rings. The van der Waals surface area contributed by atoms with Gasteiger partial charge < -0.3 is 15.3 Å². The zero-order valence-electron chi connectivity index (χ0n) is 13.8. The lowest BCUT2D eigenvalue weighted by molar-refractivity contribution is 0.102. The van der Waals surface area contributed by atoms with Gasteiger partial charge in [0.2, 0.25) is 0 Å². The van der Waals surface area contributed by atoms with Crippen LogP contribution in [0, 0.1) is 0 Å². The minimum atomic E-state index is -0.574. The van der Waals surface area contributed by atoms with Crippen molar-refractivity contribution in [3.63, 3.8) is 0 Å². The van der Waals surface area contributed by atoms with Crippen LogP contribution in [-0.2, 0) is 0 Å². The molecule has 0 fully saturated rings. The first kappa shape index (κ1) is 17.5. The van der Waals surface area contributed by atoms with E-state index in [2.05, 4.69) is 5.32 Å². The fourth-order valence-electron chi connectivity index (χ4n) is 2.86. The zero-order chi connectivity index (χ0) is 18.1. The number of nitrogens with one attached hydrogen (secondary N) is 1. The third kappa shape index (κ3) is 3.25. The number of carbonyl (C=O) groups excluding carboxylic acids is 1. The second kappa shape index (κ2) is 6.86. The number of hydrogen-bond donors (Lipinski definition) is 2. The van der Waals surface area contributed by atoms with Crippen LogP contribution in [-0.4, -0.2) is 27.9 Å². The SMILES string of the molecule is CC1=C(C(=O)c2ccccc2)C(c2cc(Cl)ccc2O)NC(=S)N1C. The fraction of sp³-hybridized carbons (Fsp3) is 0.158. The van der Waals surface area contributed by atoms with Crippen molar-refractivity contribution in [1.82, 2.24) is 10.2 Å². The van der Waals surface area contributed by atoms with Crippen LogP contribution in [0.5, 0.6) is 5.75 Å². The Morgan fingerprint density at radius 2 is 1.92 bits per heavy atom. The van der Waals surface area contributed by atoms with Crippen molar-refractivity contribution in [3.05, 3.63) is 76.0 Å². The number of hydrogen-bond acceptors (Lipinski definition) is 3. The molecule has 1 aliphatic rings. The van der Waals surface area contributed by atoms with E-state index >= 15 is 0 Å². The number of halogens is 1. The number of phenols is 1. The molecule has 25 heavy (non-hydrogen) atoms. The van der Waals surface area contributed by atoms with Crippen LogP contribution in [0.3, 0.4) is 0 Å². The van der Waals surface area contributed by atoms with E-state index in [0.29, 0.717) is 26.8 Å². The van der Waals surface area contributed by atoms with Gasteiger partial charge in [0, 0.05) is 34.5 Å². The summed E-state index contributed by atoms with van der Waals surface area (Å²) in [4.78, 5) is 14.9. The number of carbonyl (C=O) groups is 1. The van der Waals surface area contributed by atoms with Gasteiger partial charge in [-0.15, -0.1) is 0 Å². The van der Waals surface area contributed by atoms with Gasteiger partial charge in [-0.2, -0.15) is 0 Å². The summed E-state index contributed by atoms with van der Waals surface area (Å²) in [5, 5.41) is 14.4. The van der Waals surface area contributed by atoms with E-state index in [1.807, 2.05) is 25.1 Å². The van der Waals surface area contributed by atoms with Gasteiger partial charge in [-0.1, -0.05) is 41.9 Å². The summed E-state index contributed by atoms with van der Waals surface area (Å²) in [5.41, 5.74) is 2.36. The summed E-state index contributed by atoms with van der Waals surface area (Å²) in [5.74, 6) is -0.0651. The summed E-state index contributed by atoms with van der Waals surface area (Å²) >= 11 is 11.5. The predicted octanol–water partition coefficient (Wildman–Crippen LogP) is 4.06. The van der Waals surface area contributed by atoms with Gasteiger partial charge in [-0.25, -0.2) is 0 Å². The molecule has 2 aromatic carbocycles. The lowest BCUT2D eigenvalue weighted by Gasteiger charge is -2.36. The minimum Gasteiger partial charge on any atom is -0.508 e. The van der Waals surface area contributed by atoms with E-state index in [-0.39, 0.29) is 11.5 Å². The number of phenolic OH excluding ortho intramolecular Hbond substituents is 1. The first-order chi connectivity index (χ1) is 11.9. The Labute approximate surface area is 156 Å². The van der Waals surface area contributed by atoms with Gasteiger partial charge in [0.25, 0.3) is 0 Å². The molecule has 0 aliphatic carbocycles. The predicted molar refractivity (Wildman–Crippen MR) is 103 cm³/mol. The summed E-state index contributed by atoms with van der Waals surface area (Å²) in [6.45, 7) is 1.85. The maximum atomic E-state index is 13.2. The van der Waals surface area contributed by atoms with Crippen molar-refractivity contribution in [1.29, 1.82) is 0 Å². The molecule has 2 N–H and O–H groups in total. The van der Waals surface area contributed by atoms with Gasteiger partial charge in [0.05, 0.1) is 6.04 Å². The maximum absolute atomic E-state index is 13.2. The van der Waals surface area contributed by atoms with E-state index in [9.17, 15) is 9.90 Å². The molecular weight excluding hydrogens is 356 g/mol. The molecule has 1 atom stereocenters. The summed E-state index contributed by atoms with van der Waals surface area (Å²) in [7, 11) is 1.80. The molecule has 0 radical (unpaired) electrons. The highest BCUT2D eigenvalue weighted by Crippen LogP contribution is 2.37. The van der Waals surface area contributed by atoms with Crippen molar-refractivity contribution in [3.8, 4) is 5.75 Å². The molecule has 4 nitrogen and oxygen atoms in total. The first-order valence-corrected chi connectivity index (χ1v) is 8.52. The Morgan fingerprint density at radius 3 is 2.60 bits per heavy atom. The highest BCUT2D eigenvalue weighted by atomic mass is 35.5. The van der Waals surface area contributed by atoms with Crippen molar-refractivity contribution < 1.29 is 9.90 Å². The van der Waals surface area contributed by atoms with E-state index in [0.717, 1.165) is 5.70 Å². The standard InChI is InChI=1S/C19H17ClN2O2S/c1-11-16(18(24)12-6-4-3-5-7-12)17(21-19(25)22(11)2)14-10-13(20)8-9-15(14)23/h3-10,17,23H,1-2H3,(H,21,25). The first-order valence-electron chi connectivity index (χ1n) is 7.73. The maximum Gasteiger partial charge on any atom is 0.193 e.